The Morgan fingerprint density at radius 1 is 1.30 bits per heavy atom. The Balaban J connectivity index is 3.34. The number of hydrogen-bond donors (Lipinski definition) is 1. The molecule has 1 nitrogen and oxygen atoms in total. The monoisotopic (exact) mass is 236 g/mol. The molecule has 0 fully saturated rings. The van der Waals surface area contributed by atoms with E-state index in [0.717, 1.165) is 0 Å². The van der Waals surface area contributed by atoms with E-state index < -0.39 is 0 Å². The molecule has 0 aliphatic carbocycles. The first-order chi connectivity index (χ1) is 4.63. The van der Waals surface area contributed by atoms with Crippen LogP contribution < -0.4 is 4.35 Å². The second-order valence-electron chi connectivity index (χ2n) is 1.73. The van der Waals surface area contributed by atoms with Gasteiger partial charge in [0.2, 0.25) is 0 Å². The second kappa shape index (κ2) is 3.04. The molecule has 0 atom stereocenters. The molecule has 0 spiro atoms. The van der Waals surface area contributed by atoms with E-state index >= 15 is 0 Å². The van der Waals surface area contributed by atoms with Gasteiger partial charge in [0, 0.05) is 0 Å². The number of hydrogen-bond acceptors (Lipinski definition) is 1. The van der Waals surface area contributed by atoms with Crippen LogP contribution in [0.15, 0.2) is 12.1 Å². The van der Waals surface area contributed by atoms with Gasteiger partial charge in [0.05, 0.1) is 0 Å². The fourth-order valence-corrected chi connectivity index (χ4v) is 1.30. The SMILES string of the molecule is Oc1ccc(Cl)c([As])c1Cl. The predicted molar refractivity (Wildman–Crippen MR) is 43.5 cm³/mol. The molecule has 1 aromatic carbocycles. The summed E-state index contributed by atoms with van der Waals surface area (Å²) in [6.07, 6.45) is 0. The maximum absolute atomic E-state index is 9.02. The summed E-state index contributed by atoms with van der Waals surface area (Å²) in [6, 6.07) is 3.05. The Labute approximate surface area is 77.5 Å². The summed E-state index contributed by atoms with van der Waals surface area (Å²) in [7, 11) is 0. The van der Waals surface area contributed by atoms with Gasteiger partial charge in [0.25, 0.3) is 0 Å². The zero-order chi connectivity index (χ0) is 7.72. The van der Waals surface area contributed by atoms with Crippen molar-refractivity contribution in [3.63, 3.8) is 0 Å². The van der Waals surface area contributed by atoms with Crippen LogP contribution in [0.4, 0.5) is 0 Å². The fraction of sp³-hybridized carbons (Fsp3) is 0. The molecular weight excluding hydrogens is 234 g/mol. The summed E-state index contributed by atoms with van der Waals surface area (Å²) in [5.41, 5.74) is 0. The third kappa shape index (κ3) is 1.42. The zero-order valence-electron chi connectivity index (χ0n) is 4.81. The van der Waals surface area contributed by atoms with Gasteiger partial charge in [0.1, 0.15) is 0 Å². The van der Waals surface area contributed by atoms with Gasteiger partial charge in [-0.2, -0.15) is 0 Å². The molecule has 0 amide bonds. The normalized spacial score (nSPS) is 9.90. The van der Waals surface area contributed by atoms with Crippen LogP contribution in [0, 0.1) is 0 Å². The van der Waals surface area contributed by atoms with Crippen LogP contribution in [0.3, 0.4) is 0 Å². The summed E-state index contributed by atoms with van der Waals surface area (Å²) in [6.45, 7) is 0. The van der Waals surface area contributed by atoms with Crippen LogP contribution in [0.5, 0.6) is 5.75 Å². The second-order valence-corrected chi connectivity index (χ2v) is 3.45. The van der Waals surface area contributed by atoms with Crippen molar-refractivity contribution in [1.82, 2.24) is 0 Å². The van der Waals surface area contributed by atoms with Gasteiger partial charge in [-0.05, 0) is 0 Å². The topological polar surface area (TPSA) is 20.2 Å². The third-order valence-electron chi connectivity index (χ3n) is 1.05. The molecule has 1 aromatic rings. The number of phenols is 1. The van der Waals surface area contributed by atoms with E-state index in [2.05, 4.69) is 16.9 Å². The van der Waals surface area contributed by atoms with Crippen molar-refractivity contribution in [2.45, 2.75) is 0 Å². The molecule has 0 aromatic heterocycles. The van der Waals surface area contributed by atoms with E-state index in [4.69, 9.17) is 28.3 Å². The Hall–Kier alpha value is 0.158. The van der Waals surface area contributed by atoms with Gasteiger partial charge in [-0.3, -0.25) is 0 Å². The summed E-state index contributed by atoms with van der Waals surface area (Å²) in [4.78, 5) is 0. The molecule has 52 valence electrons. The van der Waals surface area contributed by atoms with E-state index in [1.807, 2.05) is 0 Å². The number of phenolic OH excluding ortho intramolecular Hbond substituents is 1. The van der Waals surface area contributed by atoms with Crippen molar-refractivity contribution in [2.24, 2.45) is 0 Å². The predicted octanol–water partition coefficient (Wildman–Crippen LogP) is 1.49. The molecule has 0 aliphatic rings. The average Bonchev–Trinajstić information content (AvgIpc) is 1.93. The first-order valence-electron chi connectivity index (χ1n) is 2.49. The number of benzene rings is 1. The van der Waals surface area contributed by atoms with E-state index in [9.17, 15) is 0 Å². The fourth-order valence-electron chi connectivity index (χ4n) is 0.530. The quantitative estimate of drug-likeness (QED) is 0.677. The summed E-state index contributed by atoms with van der Waals surface area (Å²) in [5.74, 6) is 0.0571. The molecular formula is C6H3AsCl2O. The third-order valence-corrected chi connectivity index (χ3v) is 3.29. The molecule has 1 N–H and O–H groups in total. The first kappa shape index (κ1) is 8.26. The van der Waals surface area contributed by atoms with Crippen molar-refractivity contribution < 1.29 is 5.11 Å². The van der Waals surface area contributed by atoms with Gasteiger partial charge in [-0.15, -0.1) is 0 Å². The molecule has 4 heteroatoms. The Bertz CT molecular complexity index is 235. The molecule has 0 saturated heterocycles. The molecule has 0 unspecified atom stereocenters. The van der Waals surface area contributed by atoms with Crippen molar-refractivity contribution in [3.8, 4) is 5.75 Å². The van der Waals surface area contributed by atoms with Gasteiger partial charge >= 0.3 is 77.4 Å². The van der Waals surface area contributed by atoms with E-state index in [0.29, 0.717) is 14.4 Å². The first-order valence-corrected chi connectivity index (χ1v) is 4.18. The molecule has 2 radical (unpaired) electrons. The van der Waals surface area contributed by atoms with Crippen molar-refractivity contribution >= 4 is 44.4 Å². The standard InChI is InChI=1S/C6H3AsCl2O/c7-5-3(8)1-2-4(10)6(5)9/h1-2,10H. The van der Waals surface area contributed by atoms with E-state index in [1.54, 1.807) is 6.07 Å². The van der Waals surface area contributed by atoms with E-state index in [1.165, 1.54) is 6.07 Å². The Kier molecular flexibility index (Phi) is 2.51. The van der Waals surface area contributed by atoms with E-state index in [-0.39, 0.29) is 5.75 Å². The molecule has 0 saturated carbocycles. The molecule has 1 rings (SSSR count). The minimum atomic E-state index is 0.0571. The average molecular weight is 237 g/mol. The van der Waals surface area contributed by atoms with Crippen LogP contribution in [-0.4, -0.2) is 22.0 Å². The van der Waals surface area contributed by atoms with Gasteiger partial charge < -0.3 is 0 Å². The molecule has 10 heavy (non-hydrogen) atoms. The van der Waals surface area contributed by atoms with Crippen molar-refractivity contribution in [2.75, 3.05) is 0 Å². The van der Waals surface area contributed by atoms with Crippen LogP contribution in [0.2, 0.25) is 10.0 Å². The van der Waals surface area contributed by atoms with Crippen molar-refractivity contribution in [3.05, 3.63) is 22.2 Å². The summed E-state index contributed by atoms with van der Waals surface area (Å²) in [5, 5.41) is 9.87. The number of halogens is 2. The van der Waals surface area contributed by atoms with Crippen molar-refractivity contribution in [1.29, 1.82) is 0 Å². The Morgan fingerprint density at radius 2 is 1.90 bits per heavy atom. The van der Waals surface area contributed by atoms with Crippen LogP contribution in [0.1, 0.15) is 0 Å². The number of aromatic hydroxyl groups is 1. The van der Waals surface area contributed by atoms with Gasteiger partial charge in [-0.1, -0.05) is 0 Å². The van der Waals surface area contributed by atoms with Crippen LogP contribution in [-0.2, 0) is 0 Å². The molecule has 0 bridgehead atoms. The number of rotatable bonds is 0. The van der Waals surface area contributed by atoms with Crippen LogP contribution >= 0.6 is 23.2 Å². The molecule has 0 aliphatic heterocycles. The summed E-state index contributed by atoms with van der Waals surface area (Å²) >= 11 is 13.5. The molecule has 0 heterocycles. The maximum atomic E-state index is 9.02. The van der Waals surface area contributed by atoms with Crippen LogP contribution in [0.25, 0.3) is 0 Å². The minimum absolute atomic E-state index is 0.0571. The summed E-state index contributed by atoms with van der Waals surface area (Å²) < 4.78 is 0.649. The Morgan fingerprint density at radius 3 is 2.40 bits per heavy atom. The zero-order valence-corrected chi connectivity index (χ0v) is 8.19. The van der Waals surface area contributed by atoms with Gasteiger partial charge in [-0.25, -0.2) is 0 Å². The van der Waals surface area contributed by atoms with Gasteiger partial charge in [0.15, 0.2) is 0 Å².